The highest BCUT2D eigenvalue weighted by Gasteiger charge is 2.28. The predicted molar refractivity (Wildman–Crippen MR) is 62.8 cm³/mol. The van der Waals surface area contributed by atoms with Crippen LogP contribution in [0.3, 0.4) is 0 Å². The molecule has 0 amide bonds. The number of hydrogen-bond donors (Lipinski definition) is 1. The van der Waals surface area contributed by atoms with Crippen LogP contribution in [0, 0.1) is 5.82 Å². The van der Waals surface area contributed by atoms with Gasteiger partial charge in [0, 0.05) is 0 Å². The van der Waals surface area contributed by atoms with Crippen molar-refractivity contribution in [1.82, 2.24) is 0 Å². The lowest BCUT2D eigenvalue weighted by molar-refractivity contribution is -0.00355. The minimum absolute atomic E-state index is 0.151. The Morgan fingerprint density at radius 1 is 1.12 bits per heavy atom. The van der Waals surface area contributed by atoms with Gasteiger partial charge in [-0.25, -0.2) is 4.39 Å². The van der Waals surface area contributed by atoms with Crippen LogP contribution in [0.4, 0.5) is 4.39 Å². The Hall–Kier alpha value is -0.890. The summed E-state index contributed by atoms with van der Waals surface area (Å²) in [5.41, 5.74) is 0.182. The highest BCUT2D eigenvalue weighted by molar-refractivity contribution is 5.17. The molecule has 1 nitrogen and oxygen atoms in total. The second-order valence-electron chi connectivity index (χ2n) is 4.88. The Morgan fingerprint density at radius 3 is 2.50 bits per heavy atom. The second kappa shape index (κ2) is 4.96. The van der Waals surface area contributed by atoms with Crippen LogP contribution in [-0.2, 0) is 6.42 Å². The van der Waals surface area contributed by atoms with Gasteiger partial charge in [-0.1, -0.05) is 37.5 Å². The fourth-order valence-electron chi connectivity index (χ4n) is 2.53. The molecule has 88 valence electrons. The lowest BCUT2D eigenvalue weighted by atomic mass is 9.81. The van der Waals surface area contributed by atoms with Crippen LogP contribution in [0.5, 0.6) is 0 Å². The summed E-state index contributed by atoms with van der Waals surface area (Å²) in [6.07, 6.45) is 6.52. The molecule has 1 N–H and O–H groups in total. The fourth-order valence-corrected chi connectivity index (χ4v) is 2.53. The molecule has 16 heavy (non-hydrogen) atoms. The minimum Gasteiger partial charge on any atom is -0.390 e. The average Bonchev–Trinajstić information content (AvgIpc) is 2.29. The third-order valence-corrected chi connectivity index (χ3v) is 3.60. The van der Waals surface area contributed by atoms with E-state index in [9.17, 15) is 9.50 Å². The average molecular weight is 222 g/mol. The Morgan fingerprint density at radius 2 is 1.81 bits per heavy atom. The highest BCUT2D eigenvalue weighted by atomic mass is 19.1. The number of benzene rings is 1. The van der Waals surface area contributed by atoms with E-state index in [-0.39, 0.29) is 5.82 Å². The molecule has 0 aliphatic heterocycles. The predicted octanol–water partition coefficient (Wildman–Crippen LogP) is 3.45. The van der Waals surface area contributed by atoms with E-state index in [1.54, 1.807) is 6.07 Å². The Bertz CT molecular complexity index is 342. The third-order valence-electron chi connectivity index (χ3n) is 3.60. The van der Waals surface area contributed by atoms with Crippen molar-refractivity contribution in [3.05, 3.63) is 35.6 Å². The SMILES string of the molecule is OC1(CCc2ccccc2F)CCCCC1. The van der Waals surface area contributed by atoms with Crippen LogP contribution in [0.15, 0.2) is 24.3 Å². The van der Waals surface area contributed by atoms with Crippen molar-refractivity contribution in [2.45, 2.75) is 50.5 Å². The molecule has 0 saturated heterocycles. The Balaban J connectivity index is 1.94. The fraction of sp³-hybridized carbons (Fsp3) is 0.571. The molecule has 0 bridgehead atoms. The zero-order valence-electron chi connectivity index (χ0n) is 9.58. The van der Waals surface area contributed by atoms with E-state index in [0.717, 1.165) is 31.2 Å². The van der Waals surface area contributed by atoms with Gasteiger partial charge < -0.3 is 5.11 Å². The standard InChI is InChI=1S/C14H19FO/c15-13-7-3-2-6-12(13)8-11-14(16)9-4-1-5-10-14/h2-3,6-7,16H,1,4-5,8-11H2. The largest absolute Gasteiger partial charge is 0.390 e. The number of hydrogen-bond acceptors (Lipinski definition) is 1. The van der Waals surface area contributed by atoms with E-state index >= 15 is 0 Å². The van der Waals surface area contributed by atoms with Crippen LogP contribution in [0.2, 0.25) is 0 Å². The van der Waals surface area contributed by atoms with Gasteiger partial charge in [0.05, 0.1) is 5.60 Å². The topological polar surface area (TPSA) is 20.2 Å². The monoisotopic (exact) mass is 222 g/mol. The van der Waals surface area contributed by atoms with Crippen LogP contribution < -0.4 is 0 Å². The van der Waals surface area contributed by atoms with Gasteiger partial charge >= 0.3 is 0 Å². The first-order valence-electron chi connectivity index (χ1n) is 6.15. The summed E-state index contributed by atoms with van der Waals surface area (Å²) >= 11 is 0. The highest BCUT2D eigenvalue weighted by Crippen LogP contribution is 2.32. The first-order chi connectivity index (χ1) is 7.70. The van der Waals surface area contributed by atoms with Crippen molar-refractivity contribution in [3.8, 4) is 0 Å². The van der Waals surface area contributed by atoms with E-state index in [1.165, 1.54) is 12.5 Å². The van der Waals surface area contributed by atoms with Crippen LogP contribution in [-0.4, -0.2) is 10.7 Å². The normalized spacial score (nSPS) is 19.6. The number of aryl methyl sites for hydroxylation is 1. The van der Waals surface area contributed by atoms with Gasteiger partial charge in [-0.05, 0) is 37.3 Å². The summed E-state index contributed by atoms with van der Waals surface area (Å²) in [4.78, 5) is 0. The summed E-state index contributed by atoms with van der Waals surface area (Å²) in [5, 5.41) is 10.3. The van der Waals surface area contributed by atoms with Gasteiger partial charge in [-0.3, -0.25) is 0 Å². The van der Waals surface area contributed by atoms with E-state index in [0.29, 0.717) is 12.8 Å². The van der Waals surface area contributed by atoms with Gasteiger partial charge in [0.25, 0.3) is 0 Å². The maximum atomic E-state index is 13.4. The first kappa shape index (κ1) is 11.6. The van der Waals surface area contributed by atoms with Crippen LogP contribution >= 0.6 is 0 Å². The summed E-state index contributed by atoms with van der Waals surface area (Å²) in [6.45, 7) is 0. The minimum atomic E-state index is -0.541. The molecule has 0 atom stereocenters. The van der Waals surface area contributed by atoms with E-state index in [1.807, 2.05) is 12.1 Å². The van der Waals surface area contributed by atoms with Gasteiger partial charge in [0.2, 0.25) is 0 Å². The molecule has 1 saturated carbocycles. The zero-order valence-corrected chi connectivity index (χ0v) is 9.58. The van der Waals surface area contributed by atoms with Crippen molar-refractivity contribution in [2.24, 2.45) is 0 Å². The molecule has 2 rings (SSSR count). The molecule has 0 radical (unpaired) electrons. The Kier molecular flexibility index (Phi) is 3.59. The zero-order chi connectivity index (χ0) is 11.4. The summed E-state index contributed by atoms with van der Waals surface area (Å²) in [5.74, 6) is -0.151. The number of halogens is 1. The van der Waals surface area contributed by atoms with E-state index in [4.69, 9.17) is 0 Å². The quantitative estimate of drug-likeness (QED) is 0.830. The molecule has 1 aliphatic carbocycles. The molecular weight excluding hydrogens is 203 g/mol. The van der Waals surface area contributed by atoms with Gasteiger partial charge in [0.1, 0.15) is 5.82 Å². The van der Waals surface area contributed by atoms with Crippen molar-refractivity contribution in [2.75, 3.05) is 0 Å². The number of rotatable bonds is 3. The van der Waals surface area contributed by atoms with Crippen molar-refractivity contribution < 1.29 is 9.50 Å². The first-order valence-corrected chi connectivity index (χ1v) is 6.15. The van der Waals surface area contributed by atoms with Crippen molar-refractivity contribution in [3.63, 3.8) is 0 Å². The lowest BCUT2D eigenvalue weighted by Gasteiger charge is -2.32. The summed E-state index contributed by atoms with van der Waals surface area (Å²) in [7, 11) is 0. The summed E-state index contributed by atoms with van der Waals surface area (Å²) < 4.78 is 13.4. The molecule has 0 spiro atoms. The molecule has 0 heterocycles. The molecule has 1 aromatic rings. The molecular formula is C14H19FO. The Labute approximate surface area is 96.3 Å². The van der Waals surface area contributed by atoms with Gasteiger partial charge in [0.15, 0.2) is 0 Å². The maximum absolute atomic E-state index is 13.4. The molecule has 0 aromatic heterocycles. The van der Waals surface area contributed by atoms with Crippen molar-refractivity contribution >= 4 is 0 Å². The van der Waals surface area contributed by atoms with E-state index < -0.39 is 5.60 Å². The smallest absolute Gasteiger partial charge is 0.126 e. The second-order valence-corrected chi connectivity index (χ2v) is 4.88. The van der Waals surface area contributed by atoms with E-state index in [2.05, 4.69) is 0 Å². The third kappa shape index (κ3) is 2.82. The van der Waals surface area contributed by atoms with Crippen LogP contribution in [0.1, 0.15) is 44.1 Å². The van der Waals surface area contributed by atoms with Crippen molar-refractivity contribution in [1.29, 1.82) is 0 Å². The van der Waals surface area contributed by atoms with Gasteiger partial charge in [-0.2, -0.15) is 0 Å². The lowest BCUT2D eigenvalue weighted by Crippen LogP contribution is -2.31. The molecule has 1 aliphatic rings. The molecule has 1 aromatic carbocycles. The number of aliphatic hydroxyl groups is 1. The summed E-state index contributed by atoms with van der Waals surface area (Å²) in [6, 6.07) is 6.85. The molecule has 1 fully saturated rings. The molecule has 2 heteroatoms. The van der Waals surface area contributed by atoms with Crippen LogP contribution in [0.25, 0.3) is 0 Å². The molecule has 0 unspecified atom stereocenters. The maximum Gasteiger partial charge on any atom is 0.126 e. The van der Waals surface area contributed by atoms with Gasteiger partial charge in [-0.15, -0.1) is 0 Å².